The van der Waals surface area contributed by atoms with E-state index in [1.165, 1.54) is 24.5 Å². The highest BCUT2D eigenvalue weighted by molar-refractivity contribution is 7.85. The lowest BCUT2D eigenvalue weighted by molar-refractivity contribution is 0.0475. The summed E-state index contributed by atoms with van der Waals surface area (Å²) in [5.41, 5.74) is 3.35. The molecule has 4 aromatic carbocycles. The minimum absolute atomic E-state index is 0.0161. The third-order valence-electron chi connectivity index (χ3n) is 9.83. The Morgan fingerprint density at radius 3 is 2.04 bits per heavy atom. The summed E-state index contributed by atoms with van der Waals surface area (Å²) in [6, 6.07) is 17.8. The normalized spacial score (nSPS) is 18.6. The summed E-state index contributed by atoms with van der Waals surface area (Å²) in [6.45, 7) is 4.98. The Labute approximate surface area is 309 Å². The van der Waals surface area contributed by atoms with Crippen molar-refractivity contribution in [2.24, 2.45) is 5.92 Å². The summed E-state index contributed by atoms with van der Waals surface area (Å²) >= 11 is 0. The SMILES string of the molecule is Cc1ccc(S(=O)(=O)O)c(C[C@@H]2COc3ccc4nocc4c3O2)c1.O=C(c1ccc(F)cc1)C1CCN(CC2COc3ccc4nocc4c3O2)CC1. The Bertz CT molecular complexity index is 2420. The molecule has 1 saturated heterocycles. The van der Waals surface area contributed by atoms with Crippen molar-refractivity contribution in [3.63, 3.8) is 0 Å². The second kappa shape index (κ2) is 14.7. The molecule has 1 fully saturated rings. The number of hydrogen-bond donors (Lipinski definition) is 1. The van der Waals surface area contributed by atoms with E-state index in [9.17, 15) is 22.2 Å². The molecule has 6 aromatic rings. The van der Waals surface area contributed by atoms with Gasteiger partial charge < -0.3 is 28.0 Å². The fourth-order valence-corrected chi connectivity index (χ4v) is 7.82. The van der Waals surface area contributed by atoms with Gasteiger partial charge in [-0.25, -0.2) is 4.39 Å². The number of halogens is 1. The molecule has 1 N–H and O–H groups in total. The van der Waals surface area contributed by atoms with E-state index in [2.05, 4.69) is 15.2 Å². The summed E-state index contributed by atoms with van der Waals surface area (Å²) in [5.74, 6) is 2.27. The first-order valence-electron chi connectivity index (χ1n) is 17.5. The third-order valence-corrected chi connectivity index (χ3v) is 10.8. The molecule has 2 atom stereocenters. The van der Waals surface area contributed by atoms with E-state index < -0.39 is 16.2 Å². The number of carbonyl (C=O) groups excluding carboxylic acids is 1. The predicted molar refractivity (Wildman–Crippen MR) is 192 cm³/mol. The molecule has 2 aromatic heterocycles. The number of nitrogens with zero attached hydrogens (tertiary/aromatic N) is 3. The first kappa shape index (κ1) is 35.5. The summed E-state index contributed by atoms with van der Waals surface area (Å²) in [5, 5.41) is 9.33. The van der Waals surface area contributed by atoms with E-state index in [1.807, 2.05) is 19.1 Å². The van der Waals surface area contributed by atoms with E-state index >= 15 is 0 Å². The molecular formula is C39H36FN3O10S. The topological polar surface area (TPSA) is 164 Å². The van der Waals surface area contributed by atoms with Gasteiger partial charge in [0.25, 0.3) is 10.1 Å². The summed E-state index contributed by atoms with van der Waals surface area (Å²) in [6.07, 6.45) is 4.41. The third kappa shape index (κ3) is 7.47. The van der Waals surface area contributed by atoms with Crippen LogP contribution in [0.25, 0.3) is 21.8 Å². The van der Waals surface area contributed by atoms with Crippen molar-refractivity contribution < 1.29 is 50.1 Å². The molecular weight excluding hydrogens is 722 g/mol. The first-order valence-corrected chi connectivity index (χ1v) is 19.0. The minimum Gasteiger partial charge on any atom is -0.486 e. The predicted octanol–water partition coefficient (Wildman–Crippen LogP) is 6.47. The quantitative estimate of drug-likeness (QED) is 0.139. The van der Waals surface area contributed by atoms with Gasteiger partial charge in [-0.1, -0.05) is 28.0 Å². The van der Waals surface area contributed by atoms with Gasteiger partial charge in [-0.3, -0.25) is 14.2 Å². The van der Waals surface area contributed by atoms with E-state index in [0.29, 0.717) is 51.6 Å². The molecule has 15 heteroatoms. The largest absolute Gasteiger partial charge is 0.486 e. The minimum atomic E-state index is -4.31. The number of rotatable bonds is 7. The fraction of sp³-hybridized carbons (Fsp3) is 0.308. The molecule has 280 valence electrons. The molecule has 54 heavy (non-hydrogen) atoms. The lowest BCUT2D eigenvalue weighted by Crippen LogP contribution is -2.45. The molecule has 5 heterocycles. The number of Topliss-reactive ketones (excluding diaryl/α,β-unsaturated/α-hetero) is 1. The molecule has 13 nitrogen and oxygen atoms in total. The number of carbonyl (C=O) groups is 1. The van der Waals surface area contributed by atoms with Crippen LogP contribution in [0.15, 0.2) is 93.2 Å². The van der Waals surface area contributed by atoms with Crippen molar-refractivity contribution in [2.75, 3.05) is 32.8 Å². The molecule has 0 spiro atoms. The van der Waals surface area contributed by atoms with Crippen molar-refractivity contribution in [1.29, 1.82) is 0 Å². The van der Waals surface area contributed by atoms with Crippen molar-refractivity contribution in [1.82, 2.24) is 15.2 Å². The van der Waals surface area contributed by atoms with Gasteiger partial charge >= 0.3 is 0 Å². The number of benzene rings is 4. The summed E-state index contributed by atoms with van der Waals surface area (Å²) < 4.78 is 79.6. The van der Waals surface area contributed by atoms with Crippen LogP contribution in [0.1, 0.15) is 34.3 Å². The summed E-state index contributed by atoms with van der Waals surface area (Å²) in [4.78, 5) is 14.8. The number of fused-ring (bicyclic) bond motifs is 6. The zero-order chi connectivity index (χ0) is 37.4. The van der Waals surface area contributed by atoms with Crippen molar-refractivity contribution >= 4 is 37.7 Å². The Balaban J connectivity index is 0.000000155. The number of ether oxygens (including phenoxy) is 4. The number of aryl methyl sites for hydroxylation is 1. The molecule has 0 saturated carbocycles. The number of ketones is 1. The van der Waals surface area contributed by atoms with Gasteiger partial charge in [0.1, 0.15) is 54.8 Å². The van der Waals surface area contributed by atoms with Gasteiger partial charge in [-0.15, -0.1) is 0 Å². The second-order valence-electron chi connectivity index (χ2n) is 13.6. The van der Waals surface area contributed by atoms with E-state index in [0.717, 1.165) is 48.9 Å². The van der Waals surface area contributed by atoms with Crippen molar-refractivity contribution in [3.8, 4) is 23.0 Å². The monoisotopic (exact) mass is 757 g/mol. The smallest absolute Gasteiger partial charge is 0.294 e. The first-order chi connectivity index (χ1) is 26.1. The van der Waals surface area contributed by atoms with Crippen LogP contribution in [0.3, 0.4) is 0 Å². The van der Waals surface area contributed by atoms with Crippen LogP contribution in [-0.2, 0) is 16.5 Å². The average Bonchev–Trinajstić information content (AvgIpc) is 3.86. The molecule has 0 radical (unpaired) electrons. The highest BCUT2D eigenvalue weighted by Crippen LogP contribution is 2.40. The van der Waals surface area contributed by atoms with Crippen LogP contribution < -0.4 is 18.9 Å². The molecule has 3 aliphatic rings. The maximum Gasteiger partial charge on any atom is 0.294 e. The van der Waals surface area contributed by atoms with E-state index in [1.54, 1.807) is 42.7 Å². The van der Waals surface area contributed by atoms with Gasteiger partial charge in [0, 0.05) is 24.4 Å². The molecule has 0 bridgehead atoms. The lowest BCUT2D eigenvalue weighted by Gasteiger charge is -2.35. The number of hydrogen-bond acceptors (Lipinski definition) is 12. The average molecular weight is 758 g/mol. The summed E-state index contributed by atoms with van der Waals surface area (Å²) in [7, 11) is -4.31. The van der Waals surface area contributed by atoms with Crippen LogP contribution in [0.4, 0.5) is 4.39 Å². The zero-order valence-corrected chi connectivity index (χ0v) is 30.0. The maximum atomic E-state index is 13.1. The number of likely N-dealkylation sites (tertiary alicyclic amines) is 1. The second-order valence-corrected chi connectivity index (χ2v) is 15.0. The van der Waals surface area contributed by atoms with Gasteiger partial charge in [0.15, 0.2) is 28.8 Å². The van der Waals surface area contributed by atoms with Gasteiger partial charge in [0.2, 0.25) is 0 Å². The van der Waals surface area contributed by atoms with E-state index in [-0.39, 0.29) is 41.5 Å². The fourth-order valence-electron chi connectivity index (χ4n) is 7.11. The Kier molecular flexibility index (Phi) is 9.68. The number of aromatic nitrogens is 2. The molecule has 0 amide bonds. The standard InChI is InChI=1S/C22H21FN2O4.C17H15NO6S/c23-16-3-1-14(2-4-16)21(26)15-7-9-25(10-8-15)11-17-12-27-20-6-5-19-18(13-28-24-19)22(20)29-17;1-10-2-5-16(25(19,20)21)11(6-10)7-12-8-22-15-4-3-14-13(9-23-18-14)17(15)24-12/h1-6,13,15,17H,7-12H2;2-6,9,12H,7-8H2,1H3,(H,19,20,21)/t;12-/m.1/s1. The van der Waals surface area contributed by atoms with Crippen molar-refractivity contribution in [3.05, 3.63) is 102 Å². The molecule has 0 aliphatic carbocycles. The molecule has 1 unspecified atom stereocenters. The number of piperidine rings is 1. The van der Waals surface area contributed by atoms with Gasteiger partial charge in [0.05, 0.1) is 15.7 Å². The van der Waals surface area contributed by atoms with Gasteiger partial charge in [-0.05, 0) is 93.0 Å². The van der Waals surface area contributed by atoms with Crippen LogP contribution in [0.2, 0.25) is 0 Å². The Morgan fingerprint density at radius 1 is 0.833 bits per heavy atom. The van der Waals surface area contributed by atoms with Crippen LogP contribution in [-0.4, -0.2) is 79.0 Å². The maximum absolute atomic E-state index is 13.1. The highest BCUT2D eigenvalue weighted by Gasteiger charge is 2.31. The van der Waals surface area contributed by atoms with Crippen molar-refractivity contribution in [2.45, 2.75) is 43.3 Å². The van der Waals surface area contributed by atoms with Crippen LogP contribution in [0, 0.1) is 18.7 Å². The van der Waals surface area contributed by atoms with Gasteiger partial charge in [-0.2, -0.15) is 8.42 Å². The molecule has 3 aliphatic heterocycles. The zero-order valence-electron chi connectivity index (χ0n) is 29.1. The van der Waals surface area contributed by atoms with E-state index in [4.69, 9.17) is 28.0 Å². The Hall–Kier alpha value is -5.51. The lowest BCUT2D eigenvalue weighted by atomic mass is 9.89. The van der Waals surface area contributed by atoms with Crippen LogP contribution >= 0.6 is 0 Å². The molecule has 9 rings (SSSR count). The highest BCUT2D eigenvalue weighted by atomic mass is 32.2. The Morgan fingerprint density at radius 2 is 1.43 bits per heavy atom. The van der Waals surface area contributed by atoms with Crippen LogP contribution in [0.5, 0.6) is 23.0 Å².